The molecule has 0 bridgehead atoms. The van der Waals surface area contributed by atoms with Crippen molar-refractivity contribution < 1.29 is 9.18 Å². The highest BCUT2D eigenvalue weighted by Crippen LogP contribution is 2.26. The van der Waals surface area contributed by atoms with Crippen molar-refractivity contribution in [1.82, 2.24) is 0 Å². The van der Waals surface area contributed by atoms with E-state index in [9.17, 15) is 9.18 Å². The van der Waals surface area contributed by atoms with E-state index >= 15 is 0 Å². The molecule has 0 saturated carbocycles. The summed E-state index contributed by atoms with van der Waals surface area (Å²) in [6.45, 7) is 0. The molecule has 0 spiro atoms. The number of hydrogen-bond donors (Lipinski definition) is 1. The second kappa shape index (κ2) is 5.34. The highest BCUT2D eigenvalue weighted by Gasteiger charge is 2.21. The van der Waals surface area contributed by atoms with Gasteiger partial charge in [0.15, 0.2) is 0 Å². The van der Waals surface area contributed by atoms with Crippen LogP contribution in [0.15, 0.2) is 24.3 Å². The van der Waals surface area contributed by atoms with Crippen LogP contribution in [0.3, 0.4) is 0 Å². The Morgan fingerprint density at radius 1 is 1.44 bits per heavy atom. The van der Waals surface area contributed by atoms with E-state index in [0.29, 0.717) is 5.69 Å². The largest absolute Gasteiger partial charge is 0.325 e. The van der Waals surface area contributed by atoms with Crippen LogP contribution < -0.4 is 5.32 Å². The molecule has 4 heteroatoms. The third-order valence-electron chi connectivity index (χ3n) is 2.56. The molecule has 1 fully saturated rings. The third-order valence-corrected chi connectivity index (χ3v) is 3.94. The van der Waals surface area contributed by atoms with Gasteiger partial charge in [-0.2, -0.15) is 0 Å². The average molecular weight is 239 g/mol. The molecule has 1 aliphatic rings. The van der Waals surface area contributed by atoms with Crippen LogP contribution in [0.4, 0.5) is 10.1 Å². The molecular formula is C12H14FNOS. The van der Waals surface area contributed by atoms with Crippen LogP contribution >= 0.6 is 11.8 Å². The summed E-state index contributed by atoms with van der Waals surface area (Å²) >= 11 is 1.69. The lowest BCUT2D eigenvalue weighted by Gasteiger charge is -2.20. The first-order valence-electron chi connectivity index (χ1n) is 5.44. The van der Waals surface area contributed by atoms with Crippen LogP contribution in [0.25, 0.3) is 0 Å². The van der Waals surface area contributed by atoms with Gasteiger partial charge in [-0.1, -0.05) is 12.5 Å². The van der Waals surface area contributed by atoms with E-state index in [-0.39, 0.29) is 17.0 Å². The molecule has 1 atom stereocenters. The number of thioether (sulfide) groups is 1. The molecule has 1 heterocycles. The monoisotopic (exact) mass is 239 g/mol. The van der Waals surface area contributed by atoms with Gasteiger partial charge in [-0.3, -0.25) is 4.79 Å². The summed E-state index contributed by atoms with van der Waals surface area (Å²) < 4.78 is 12.9. The summed E-state index contributed by atoms with van der Waals surface area (Å²) in [7, 11) is 0. The van der Waals surface area contributed by atoms with Crippen LogP contribution in [-0.2, 0) is 4.79 Å². The van der Waals surface area contributed by atoms with Gasteiger partial charge in [0.25, 0.3) is 0 Å². The van der Waals surface area contributed by atoms with E-state index < -0.39 is 0 Å². The Morgan fingerprint density at radius 3 is 3.00 bits per heavy atom. The standard InChI is InChI=1S/C12H14FNOS/c13-9-4-3-5-10(8-9)14-12(15)11-6-1-2-7-16-11/h3-5,8,11H,1-2,6-7H2,(H,14,15). The fraction of sp³-hybridized carbons (Fsp3) is 0.417. The Labute approximate surface area is 98.6 Å². The smallest absolute Gasteiger partial charge is 0.237 e. The van der Waals surface area contributed by atoms with E-state index in [4.69, 9.17) is 0 Å². The summed E-state index contributed by atoms with van der Waals surface area (Å²) in [6, 6.07) is 6.00. The minimum atomic E-state index is -0.325. The molecule has 0 radical (unpaired) electrons. The minimum Gasteiger partial charge on any atom is -0.325 e. The Morgan fingerprint density at radius 2 is 2.31 bits per heavy atom. The summed E-state index contributed by atoms with van der Waals surface area (Å²) in [5.41, 5.74) is 0.538. The molecular weight excluding hydrogens is 225 g/mol. The van der Waals surface area contributed by atoms with E-state index in [0.717, 1.165) is 18.6 Å². The second-order valence-corrected chi connectivity index (χ2v) is 5.17. The number of halogens is 1. The van der Waals surface area contributed by atoms with Gasteiger partial charge in [0, 0.05) is 5.69 Å². The Hall–Kier alpha value is -1.03. The van der Waals surface area contributed by atoms with Gasteiger partial charge in [-0.25, -0.2) is 4.39 Å². The van der Waals surface area contributed by atoms with Gasteiger partial charge >= 0.3 is 0 Å². The molecule has 1 aromatic carbocycles. The normalized spacial score (nSPS) is 20.4. The molecule has 86 valence electrons. The van der Waals surface area contributed by atoms with Crippen molar-refractivity contribution in [2.45, 2.75) is 24.5 Å². The van der Waals surface area contributed by atoms with Crippen LogP contribution in [0.1, 0.15) is 19.3 Å². The van der Waals surface area contributed by atoms with E-state index in [1.807, 2.05) is 0 Å². The van der Waals surface area contributed by atoms with Gasteiger partial charge < -0.3 is 5.32 Å². The lowest BCUT2D eigenvalue weighted by atomic mass is 10.2. The molecule has 16 heavy (non-hydrogen) atoms. The number of hydrogen-bond acceptors (Lipinski definition) is 2. The zero-order valence-corrected chi connectivity index (χ0v) is 9.73. The SMILES string of the molecule is O=C(Nc1cccc(F)c1)C1CCCCS1. The highest BCUT2D eigenvalue weighted by atomic mass is 32.2. The summed E-state index contributed by atoms with van der Waals surface area (Å²) in [5.74, 6) is 0.714. The summed E-state index contributed by atoms with van der Waals surface area (Å²) in [5, 5.41) is 2.78. The minimum absolute atomic E-state index is 0.00435. The maximum Gasteiger partial charge on any atom is 0.237 e. The van der Waals surface area contributed by atoms with Crippen LogP contribution in [0, 0.1) is 5.82 Å². The van der Waals surface area contributed by atoms with Gasteiger partial charge in [-0.05, 0) is 36.8 Å². The van der Waals surface area contributed by atoms with Crippen molar-refractivity contribution in [2.75, 3.05) is 11.1 Å². The first-order valence-corrected chi connectivity index (χ1v) is 6.48. The molecule has 1 N–H and O–H groups in total. The number of carbonyl (C=O) groups is 1. The topological polar surface area (TPSA) is 29.1 Å². The van der Waals surface area contributed by atoms with E-state index in [1.165, 1.54) is 18.6 Å². The van der Waals surface area contributed by atoms with Crippen molar-refractivity contribution in [2.24, 2.45) is 0 Å². The maximum absolute atomic E-state index is 12.9. The number of anilines is 1. The summed E-state index contributed by atoms with van der Waals surface area (Å²) in [4.78, 5) is 11.8. The highest BCUT2D eigenvalue weighted by molar-refractivity contribution is 8.00. The van der Waals surface area contributed by atoms with Crippen molar-refractivity contribution in [3.05, 3.63) is 30.1 Å². The molecule has 1 saturated heterocycles. The van der Waals surface area contributed by atoms with Gasteiger partial charge in [-0.15, -0.1) is 11.8 Å². The lowest BCUT2D eigenvalue weighted by molar-refractivity contribution is -0.115. The van der Waals surface area contributed by atoms with E-state index in [2.05, 4.69) is 5.32 Å². The van der Waals surface area contributed by atoms with Gasteiger partial charge in [0.05, 0.1) is 5.25 Å². The number of benzene rings is 1. The number of carbonyl (C=O) groups excluding carboxylic acids is 1. The fourth-order valence-electron chi connectivity index (χ4n) is 1.74. The lowest BCUT2D eigenvalue weighted by Crippen LogP contribution is -2.27. The van der Waals surface area contributed by atoms with Crippen LogP contribution in [-0.4, -0.2) is 16.9 Å². The molecule has 0 aliphatic carbocycles. The van der Waals surface area contributed by atoms with Crippen LogP contribution in [0.5, 0.6) is 0 Å². The summed E-state index contributed by atoms with van der Waals surface area (Å²) in [6.07, 6.45) is 3.22. The maximum atomic E-state index is 12.9. The molecule has 2 rings (SSSR count). The Bertz CT molecular complexity index is 377. The zero-order valence-electron chi connectivity index (χ0n) is 8.91. The van der Waals surface area contributed by atoms with Crippen molar-refractivity contribution >= 4 is 23.4 Å². The van der Waals surface area contributed by atoms with Crippen molar-refractivity contribution in [3.63, 3.8) is 0 Å². The molecule has 0 aromatic heterocycles. The predicted octanol–water partition coefficient (Wildman–Crippen LogP) is 3.05. The Kier molecular flexibility index (Phi) is 3.83. The van der Waals surface area contributed by atoms with Crippen molar-refractivity contribution in [3.8, 4) is 0 Å². The van der Waals surface area contributed by atoms with Crippen molar-refractivity contribution in [1.29, 1.82) is 0 Å². The number of amides is 1. The quantitative estimate of drug-likeness (QED) is 0.859. The van der Waals surface area contributed by atoms with Gasteiger partial charge in [0.1, 0.15) is 5.82 Å². The Balaban J connectivity index is 1.96. The fourth-order valence-corrected chi connectivity index (χ4v) is 2.94. The molecule has 1 amide bonds. The predicted molar refractivity (Wildman–Crippen MR) is 65.1 cm³/mol. The molecule has 1 unspecified atom stereocenters. The number of rotatable bonds is 2. The zero-order chi connectivity index (χ0) is 11.4. The molecule has 2 nitrogen and oxygen atoms in total. The van der Waals surface area contributed by atoms with Crippen LogP contribution in [0.2, 0.25) is 0 Å². The first kappa shape index (κ1) is 11.5. The average Bonchev–Trinajstić information content (AvgIpc) is 2.30. The van der Waals surface area contributed by atoms with E-state index in [1.54, 1.807) is 23.9 Å². The second-order valence-electron chi connectivity index (χ2n) is 3.85. The molecule has 1 aliphatic heterocycles. The third kappa shape index (κ3) is 2.98. The molecule has 1 aromatic rings. The number of nitrogens with one attached hydrogen (secondary N) is 1. The van der Waals surface area contributed by atoms with Gasteiger partial charge in [0.2, 0.25) is 5.91 Å². The first-order chi connectivity index (χ1) is 7.75.